The molecule has 3 rings (SSSR count). The third-order valence-electron chi connectivity index (χ3n) is 4.45. The van der Waals surface area contributed by atoms with Gasteiger partial charge in [-0.15, -0.1) is 0 Å². The van der Waals surface area contributed by atoms with E-state index >= 15 is 0 Å². The summed E-state index contributed by atoms with van der Waals surface area (Å²) in [6.07, 6.45) is 5.75. The van der Waals surface area contributed by atoms with Crippen molar-refractivity contribution in [3.05, 3.63) is 66.4 Å². The monoisotopic (exact) mass is 420 g/mol. The van der Waals surface area contributed by atoms with Crippen molar-refractivity contribution in [1.82, 2.24) is 10.3 Å². The third-order valence-corrected chi connectivity index (χ3v) is 4.45. The highest BCUT2D eigenvalue weighted by Crippen LogP contribution is 2.29. The molecule has 2 aromatic carbocycles. The Balaban J connectivity index is 1.44. The van der Waals surface area contributed by atoms with E-state index in [1.54, 1.807) is 19.4 Å². The molecule has 6 nitrogen and oxygen atoms in total. The summed E-state index contributed by atoms with van der Waals surface area (Å²) >= 11 is 0. The second-order valence-corrected chi connectivity index (χ2v) is 7.23. The van der Waals surface area contributed by atoms with E-state index in [0.717, 1.165) is 22.2 Å². The molecule has 0 saturated carbocycles. The van der Waals surface area contributed by atoms with Crippen LogP contribution >= 0.6 is 0 Å². The summed E-state index contributed by atoms with van der Waals surface area (Å²) in [5, 5.41) is 3.91. The van der Waals surface area contributed by atoms with Gasteiger partial charge in [-0.05, 0) is 56.2 Å². The first-order chi connectivity index (χ1) is 15.1. The minimum Gasteiger partial charge on any atom is -0.493 e. The van der Waals surface area contributed by atoms with Crippen molar-refractivity contribution >= 4 is 22.9 Å². The van der Waals surface area contributed by atoms with Crippen LogP contribution in [0.15, 0.2) is 60.8 Å². The molecule has 0 spiro atoms. The number of amides is 1. The van der Waals surface area contributed by atoms with Gasteiger partial charge in [0.25, 0.3) is 0 Å². The molecule has 3 aromatic rings. The van der Waals surface area contributed by atoms with Crippen LogP contribution in [0.3, 0.4) is 0 Å². The zero-order valence-electron chi connectivity index (χ0n) is 18.1. The molecule has 1 amide bonds. The van der Waals surface area contributed by atoms with Crippen molar-refractivity contribution < 1.29 is 19.0 Å². The van der Waals surface area contributed by atoms with E-state index in [2.05, 4.69) is 10.3 Å². The Morgan fingerprint density at radius 3 is 2.74 bits per heavy atom. The highest BCUT2D eigenvalue weighted by atomic mass is 16.5. The Labute approximate surface area is 182 Å². The summed E-state index contributed by atoms with van der Waals surface area (Å²) in [6.45, 7) is 4.93. The lowest BCUT2D eigenvalue weighted by Crippen LogP contribution is -2.23. The number of pyridine rings is 1. The lowest BCUT2D eigenvalue weighted by molar-refractivity contribution is -0.116. The maximum absolute atomic E-state index is 12.1. The summed E-state index contributed by atoms with van der Waals surface area (Å²) < 4.78 is 16.9. The van der Waals surface area contributed by atoms with Gasteiger partial charge in [-0.25, -0.2) is 0 Å². The van der Waals surface area contributed by atoms with Crippen LogP contribution in [0.5, 0.6) is 17.2 Å². The molecule has 31 heavy (non-hydrogen) atoms. The molecule has 0 aliphatic heterocycles. The molecule has 0 bridgehead atoms. The number of aromatic nitrogens is 1. The average molecular weight is 421 g/mol. The molecule has 1 heterocycles. The number of ether oxygens (including phenoxy) is 3. The number of para-hydroxylation sites is 1. The first-order valence-corrected chi connectivity index (χ1v) is 10.3. The third kappa shape index (κ3) is 6.47. The van der Waals surface area contributed by atoms with Crippen molar-refractivity contribution in [1.29, 1.82) is 0 Å². The van der Waals surface area contributed by atoms with Crippen molar-refractivity contribution in [3.8, 4) is 17.2 Å². The summed E-state index contributed by atoms with van der Waals surface area (Å²) in [6, 6.07) is 15.3. The van der Waals surface area contributed by atoms with Crippen LogP contribution in [-0.4, -0.2) is 37.3 Å². The lowest BCUT2D eigenvalue weighted by Gasteiger charge is -2.13. The average Bonchev–Trinajstić information content (AvgIpc) is 2.78. The fourth-order valence-corrected chi connectivity index (χ4v) is 3.03. The predicted molar refractivity (Wildman–Crippen MR) is 123 cm³/mol. The van der Waals surface area contributed by atoms with Gasteiger partial charge in [-0.2, -0.15) is 0 Å². The van der Waals surface area contributed by atoms with E-state index in [1.807, 2.05) is 62.4 Å². The molecule has 0 aliphatic rings. The van der Waals surface area contributed by atoms with Gasteiger partial charge in [-0.3, -0.25) is 9.78 Å². The Morgan fingerprint density at radius 2 is 1.94 bits per heavy atom. The fraction of sp³-hybridized carbons (Fsp3) is 0.280. The van der Waals surface area contributed by atoms with Gasteiger partial charge < -0.3 is 19.5 Å². The Bertz CT molecular complexity index is 1040. The van der Waals surface area contributed by atoms with Crippen LogP contribution in [0.1, 0.15) is 25.8 Å². The standard InChI is InChI=1S/C25H28N2O4/c1-18(2)31-21-12-10-19(17-23(21)29-3)11-13-24(28)26-15-6-16-30-22-9-4-7-20-8-5-14-27-25(20)22/h4-5,7-14,17-18H,6,15-16H2,1-3H3,(H,26,28)/b13-11+. The van der Waals surface area contributed by atoms with E-state index in [-0.39, 0.29) is 12.0 Å². The number of carbonyl (C=O) groups excluding carboxylic acids is 1. The van der Waals surface area contributed by atoms with Crippen LogP contribution in [-0.2, 0) is 4.79 Å². The highest BCUT2D eigenvalue weighted by molar-refractivity contribution is 5.91. The number of hydrogen-bond donors (Lipinski definition) is 1. The topological polar surface area (TPSA) is 69.7 Å². The Morgan fingerprint density at radius 1 is 1.10 bits per heavy atom. The van der Waals surface area contributed by atoms with Gasteiger partial charge in [0, 0.05) is 24.2 Å². The zero-order chi connectivity index (χ0) is 22.1. The Hall–Kier alpha value is -3.54. The molecule has 6 heteroatoms. The van der Waals surface area contributed by atoms with E-state index in [4.69, 9.17) is 14.2 Å². The zero-order valence-corrected chi connectivity index (χ0v) is 18.1. The SMILES string of the molecule is COc1cc(/C=C/C(=O)NCCCOc2cccc3cccnc23)ccc1OC(C)C. The predicted octanol–water partition coefficient (Wildman–Crippen LogP) is 4.63. The van der Waals surface area contributed by atoms with Crippen LogP contribution in [0.2, 0.25) is 0 Å². The second kappa shape index (κ2) is 11.0. The number of methoxy groups -OCH3 is 1. The highest BCUT2D eigenvalue weighted by Gasteiger charge is 2.07. The fourth-order valence-electron chi connectivity index (χ4n) is 3.03. The van der Waals surface area contributed by atoms with E-state index < -0.39 is 0 Å². The molecule has 162 valence electrons. The summed E-state index contributed by atoms with van der Waals surface area (Å²) in [5.41, 5.74) is 1.70. The summed E-state index contributed by atoms with van der Waals surface area (Å²) in [4.78, 5) is 16.5. The number of nitrogens with one attached hydrogen (secondary N) is 1. The molecule has 0 fully saturated rings. The van der Waals surface area contributed by atoms with Crippen molar-refractivity contribution in [2.24, 2.45) is 0 Å². The Kier molecular flexibility index (Phi) is 7.87. The number of carbonyl (C=O) groups is 1. The first-order valence-electron chi connectivity index (χ1n) is 10.3. The van der Waals surface area contributed by atoms with Gasteiger partial charge in [-0.1, -0.05) is 24.3 Å². The van der Waals surface area contributed by atoms with Crippen LogP contribution in [0.25, 0.3) is 17.0 Å². The molecule has 0 unspecified atom stereocenters. The summed E-state index contributed by atoms with van der Waals surface area (Å²) in [5.74, 6) is 1.91. The quantitative estimate of drug-likeness (QED) is 0.383. The molecule has 0 atom stereocenters. The maximum atomic E-state index is 12.1. The van der Waals surface area contributed by atoms with Crippen LogP contribution in [0, 0.1) is 0 Å². The van der Waals surface area contributed by atoms with E-state index in [0.29, 0.717) is 31.1 Å². The van der Waals surface area contributed by atoms with E-state index in [1.165, 1.54) is 6.08 Å². The molecule has 1 N–H and O–H groups in total. The van der Waals surface area contributed by atoms with Gasteiger partial charge in [0.2, 0.25) is 5.91 Å². The number of hydrogen-bond acceptors (Lipinski definition) is 5. The number of benzene rings is 2. The minimum atomic E-state index is -0.159. The van der Waals surface area contributed by atoms with Crippen molar-refractivity contribution in [2.45, 2.75) is 26.4 Å². The van der Waals surface area contributed by atoms with Crippen LogP contribution < -0.4 is 19.5 Å². The van der Waals surface area contributed by atoms with Gasteiger partial charge in [0.05, 0.1) is 19.8 Å². The van der Waals surface area contributed by atoms with Gasteiger partial charge in [0.1, 0.15) is 11.3 Å². The van der Waals surface area contributed by atoms with Gasteiger partial charge >= 0.3 is 0 Å². The van der Waals surface area contributed by atoms with Gasteiger partial charge in [0.15, 0.2) is 11.5 Å². The number of fused-ring (bicyclic) bond motifs is 1. The smallest absolute Gasteiger partial charge is 0.244 e. The second-order valence-electron chi connectivity index (χ2n) is 7.23. The maximum Gasteiger partial charge on any atom is 0.244 e. The molecule has 1 aromatic heterocycles. The van der Waals surface area contributed by atoms with Crippen molar-refractivity contribution in [2.75, 3.05) is 20.3 Å². The van der Waals surface area contributed by atoms with Crippen molar-refractivity contribution in [3.63, 3.8) is 0 Å². The normalized spacial score (nSPS) is 11.1. The molecule has 0 aliphatic carbocycles. The largest absolute Gasteiger partial charge is 0.493 e. The molecule has 0 radical (unpaired) electrons. The number of rotatable bonds is 10. The van der Waals surface area contributed by atoms with E-state index in [9.17, 15) is 4.79 Å². The minimum absolute atomic E-state index is 0.0573. The van der Waals surface area contributed by atoms with Crippen LogP contribution in [0.4, 0.5) is 0 Å². The lowest BCUT2D eigenvalue weighted by atomic mass is 10.2. The molecule has 0 saturated heterocycles. The molecular formula is C25H28N2O4. The molecular weight excluding hydrogens is 392 g/mol. The number of nitrogens with zero attached hydrogens (tertiary/aromatic N) is 1. The first kappa shape index (κ1) is 22.2. The summed E-state index contributed by atoms with van der Waals surface area (Å²) in [7, 11) is 1.60.